The van der Waals surface area contributed by atoms with Gasteiger partial charge in [-0.2, -0.15) is 0 Å². The molecule has 0 saturated heterocycles. The van der Waals surface area contributed by atoms with Crippen molar-refractivity contribution in [2.45, 2.75) is 329 Å². The van der Waals surface area contributed by atoms with E-state index in [-0.39, 0.29) is 31.1 Å². The predicted molar refractivity (Wildman–Crippen MR) is 312 cm³/mol. The van der Waals surface area contributed by atoms with Gasteiger partial charge in [0.1, 0.15) is 13.2 Å². The molecule has 0 spiro atoms. The van der Waals surface area contributed by atoms with Crippen molar-refractivity contribution in [3.63, 3.8) is 0 Å². The molecule has 418 valence electrons. The van der Waals surface area contributed by atoms with Crippen molar-refractivity contribution < 1.29 is 28.6 Å². The molecule has 0 aliphatic heterocycles. The van der Waals surface area contributed by atoms with E-state index in [1.54, 1.807) is 0 Å². The topological polar surface area (TPSA) is 78.9 Å². The van der Waals surface area contributed by atoms with E-state index >= 15 is 0 Å². The van der Waals surface area contributed by atoms with E-state index in [1.807, 2.05) is 0 Å². The number of carbonyl (C=O) groups is 3. The lowest BCUT2D eigenvalue weighted by Crippen LogP contribution is -2.30. The molecule has 0 rings (SSSR count). The minimum atomic E-state index is -0.790. The Hall–Kier alpha value is -2.89. The second-order valence-corrected chi connectivity index (χ2v) is 20.9. The molecule has 0 N–H and O–H groups in total. The molecule has 0 aromatic carbocycles. The number of allylic oxidation sites excluding steroid dienone is 10. The van der Waals surface area contributed by atoms with E-state index in [4.69, 9.17) is 14.2 Å². The Labute approximate surface area is 447 Å². The van der Waals surface area contributed by atoms with Crippen molar-refractivity contribution in [1.82, 2.24) is 0 Å². The Kier molecular flexibility index (Phi) is 58.2. The smallest absolute Gasteiger partial charge is 0.306 e. The second kappa shape index (κ2) is 60.7. The summed E-state index contributed by atoms with van der Waals surface area (Å²) in [6.45, 7) is 6.53. The monoisotopic (exact) mass is 1010 g/mol. The van der Waals surface area contributed by atoms with Gasteiger partial charge in [0.15, 0.2) is 6.10 Å². The van der Waals surface area contributed by atoms with E-state index < -0.39 is 6.10 Å². The number of carbonyl (C=O) groups excluding carboxylic acids is 3. The van der Waals surface area contributed by atoms with E-state index in [0.29, 0.717) is 19.3 Å². The highest BCUT2D eigenvalue weighted by Crippen LogP contribution is 2.17. The van der Waals surface area contributed by atoms with Crippen LogP contribution < -0.4 is 0 Å². The number of unbranched alkanes of at least 4 members (excludes halogenated alkanes) is 36. The molecule has 1 atom stereocenters. The van der Waals surface area contributed by atoms with Crippen LogP contribution in [-0.2, 0) is 28.6 Å². The van der Waals surface area contributed by atoms with Crippen LogP contribution in [0.3, 0.4) is 0 Å². The lowest BCUT2D eigenvalue weighted by Gasteiger charge is -2.18. The highest BCUT2D eigenvalue weighted by atomic mass is 16.6. The number of hydrogen-bond donors (Lipinski definition) is 0. The maximum Gasteiger partial charge on any atom is 0.306 e. The summed E-state index contributed by atoms with van der Waals surface area (Å²) in [7, 11) is 0. The summed E-state index contributed by atoms with van der Waals surface area (Å²) in [5.74, 6) is -0.911. The summed E-state index contributed by atoms with van der Waals surface area (Å²) in [6.07, 6.45) is 76.6. The van der Waals surface area contributed by atoms with Gasteiger partial charge in [0.05, 0.1) is 0 Å². The third-order valence-corrected chi connectivity index (χ3v) is 13.8. The Morgan fingerprint density at radius 1 is 0.292 bits per heavy atom. The van der Waals surface area contributed by atoms with Gasteiger partial charge in [-0.15, -0.1) is 0 Å². The predicted octanol–water partition coefficient (Wildman–Crippen LogP) is 21.2. The molecule has 0 aliphatic rings. The van der Waals surface area contributed by atoms with Crippen LogP contribution in [0.5, 0.6) is 0 Å². The highest BCUT2D eigenvalue weighted by Gasteiger charge is 2.19. The quantitative estimate of drug-likeness (QED) is 0.0261. The summed E-state index contributed by atoms with van der Waals surface area (Å²) in [5.41, 5.74) is 0. The fraction of sp³-hybridized carbons (Fsp3) is 0.803. The Balaban J connectivity index is 4.33. The molecular formula is C66H118O6. The van der Waals surface area contributed by atoms with Crippen LogP contribution >= 0.6 is 0 Å². The molecular weight excluding hydrogens is 889 g/mol. The third kappa shape index (κ3) is 58.0. The zero-order valence-corrected chi connectivity index (χ0v) is 47.9. The maximum atomic E-state index is 12.9. The van der Waals surface area contributed by atoms with Gasteiger partial charge in [0.2, 0.25) is 0 Å². The van der Waals surface area contributed by atoms with Crippen LogP contribution in [-0.4, -0.2) is 37.2 Å². The van der Waals surface area contributed by atoms with E-state index in [2.05, 4.69) is 81.5 Å². The maximum absolute atomic E-state index is 12.9. The standard InChI is InChI=1S/C66H118O6/c1-4-7-10-13-16-19-22-25-28-30-31-32-33-34-35-36-39-41-44-47-50-53-56-59-65(68)71-62-63(61-70-64(67)58-55-52-49-46-43-40-37-27-24-21-18-15-12-9-6-3)72-66(69)60-57-54-51-48-45-42-38-29-26-23-20-17-14-11-8-5-2/h9,12,18,21,27,30-31,37,43,46,63H,4-8,10-11,13-17,19-20,22-26,28-29,32-36,38-42,44-45,47-62H2,1-3H3/b12-9-,21-18-,31-30-,37-27-,46-43-. The van der Waals surface area contributed by atoms with Crippen molar-refractivity contribution in [3.05, 3.63) is 60.8 Å². The van der Waals surface area contributed by atoms with Gasteiger partial charge in [-0.1, -0.05) is 281 Å². The second-order valence-electron chi connectivity index (χ2n) is 20.9. The van der Waals surface area contributed by atoms with Gasteiger partial charge in [-0.3, -0.25) is 14.4 Å². The average molecular weight is 1010 g/mol. The first-order chi connectivity index (χ1) is 35.5. The van der Waals surface area contributed by atoms with Crippen molar-refractivity contribution >= 4 is 17.9 Å². The van der Waals surface area contributed by atoms with Crippen molar-refractivity contribution in [3.8, 4) is 0 Å². The molecule has 0 bridgehead atoms. The van der Waals surface area contributed by atoms with E-state index in [1.165, 1.54) is 199 Å². The molecule has 6 heteroatoms. The molecule has 0 saturated carbocycles. The van der Waals surface area contributed by atoms with Crippen LogP contribution in [0, 0.1) is 0 Å². The number of rotatable bonds is 57. The Bertz CT molecular complexity index is 1290. The van der Waals surface area contributed by atoms with Gasteiger partial charge in [0, 0.05) is 19.3 Å². The normalized spacial score (nSPS) is 12.4. The summed E-state index contributed by atoms with van der Waals surface area (Å²) < 4.78 is 16.9. The summed E-state index contributed by atoms with van der Waals surface area (Å²) >= 11 is 0. The Morgan fingerprint density at radius 3 is 0.889 bits per heavy atom. The van der Waals surface area contributed by atoms with Gasteiger partial charge >= 0.3 is 17.9 Å². The van der Waals surface area contributed by atoms with Crippen LogP contribution in [0.1, 0.15) is 323 Å². The molecule has 72 heavy (non-hydrogen) atoms. The SMILES string of the molecule is CC/C=C\C/C=C\C/C=C\C/C=C\CCCCC(=O)OCC(COC(=O)CCCCCCCCCCCCC/C=C\CCCCCCCCCC)OC(=O)CCCCCCCCCCCCCCCCCC. The van der Waals surface area contributed by atoms with Crippen molar-refractivity contribution in [2.24, 2.45) is 0 Å². The fourth-order valence-corrected chi connectivity index (χ4v) is 9.08. The van der Waals surface area contributed by atoms with Crippen LogP contribution in [0.4, 0.5) is 0 Å². The van der Waals surface area contributed by atoms with Crippen LogP contribution in [0.15, 0.2) is 60.8 Å². The molecule has 6 nitrogen and oxygen atoms in total. The highest BCUT2D eigenvalue weighted by molar-refractivity contribution is 5.71. The molecule has 0 fully saturated rings. The first-order valence-corrected chi connectivity index (χ1v) is 31.3. The molecule has 0 aliphatic carbocycles. The van der Waals surface area contributed by atoms with Gasteiger partial charge in [0.25, 0.3) is 0 Å². The number of ether oxygens (including phenoxy) is 3. The minimum Gasteiger partial charge on any atom is -0.462 e. The summed E-state index contributed by atoms with van der Waals surface area (Å²) in [5, 5.41) is 0. The largest absolute Gasteiger partial charge is 0.462 e. The molecule has 0 aromatic heterocycles. The zero-order chi connectivity index (χ0) is 52.2. The summed E-state index contributed by atoms with van der Waals surface area (Å²) in [4.78, 5) is 38.2. The first kappa shape index (κ1) is 69.1. The zero-order valence-electron chi connectivity index (χ0n) is 47.9. The molecule has 0 heterocycles. The van der Waals surface area contributed by atoms with Crippen molar-refractivity contribution in [2.75, 3.05) is 13.2 Å². The van der Waals surface area contributed by atoms with Crippen LogP contribution in [0.25, 0.3) is 0 Å². The van der Waals surface area contributed by atoms with Gasteiger partial charge in [-0.05, 0) is 83.5 Å². The van der Waals surface area contributed by atoms with Crippen molar-refractivity contribution in [1.29, 1.82) is 0 Å². The summed E-state index contributed by atoms with van der Waals surface area (Å²) in [6, 6.07) is 0. The third-order valence-electron chi connectivity index (χ3n) is 13.8. The number of esters is 3. The van der Waals surface area contributed by atoms with E-state index in [9.17, 15) is 14.4 Å². The molecule has 0 aromatic rings. The molecule has 0 radical (unpaired) electrons. The van der Waals surface area contributed by atoms with Crippen LogP contribution in [0.2, 0.25) is 0 Å². The number of hydrogen-bond acceptors (Lipinski definition) is 6. The van der Waals surface area contributed by atoms with Gasteiger partial charge < -0.3 is 14.2 Å². The lowest BCUT2D eigenvalue weighted by molar-refractivity contribution is -0.167. The first-order valence-electron chi connectivity index (χ1n) is 31.3. The average Bonchev–Trinajstić information content (AvgIpc) is 3.38. The Morgan fingerprint density at radius 2 is 0.542 bits per heavy atom. The fourth-order valence-electron chi connectivity index (χ4n) is 9.08. The minimum absolute atomic E-state index is 0.0846. The van der Waals surface area contributed by atoms with Gasteiger partial charge in [-0.25, -0.2) is 0 Å². The molecule has 0 amide bonds. The lowest BCUT2D eigenvalue weighted by atomic mass is 10.0. The van der Waals surface area contributed by atoms with E-state index in [0.717, 1.165) is 83.5 Å². The molecule has 1 unspecified atom stereocenters.